The first-order chi connectivity index (χ1) is 10.2. The van der Waals surface area contributed by atoms with Crippen molar-refractivity contribution in [1.29, 1.82) is 0 Å². The van der Waals surface area contributed by atoms with Crippen LogP contribution in [0.1, 0.15) is 28.7 Å². The highest BCUT2D eigenvalue weighted by atomic mass is 35.5. The summed E-state index contributed by atoms with van der Waals surface area (Å²) in [6.07, 6.45) is -0.572. The van der Waals surface area contributed by atoms with Crippen LogP contribution in [0.25, 0.3) is 11.4 Å². The highest BCUT2D eigenvalue weighted by Gasteiger charge is 2.29. The van der Waals surface area contributed by atoms with Crippen molar-refractivity contribution in [3.05, 3.63) is 35.7 Å². The first-order valence-electron chi connectivity index (χ1n) is 6.57. The van der Waals surface area contributed by atoms with Gasteiger partial charge in [-0.1, -0.05) is 17.3 Å². The zero-order chi connectivity index (χ0) is 14.8. The summed E-state index contributed by atoms with van der Waals surface area (Å²) in [6.45, 7) is 0.292. The second-order valence-electron chi connectivity index (χ2n) is 4.82. The topological polar surface area (TPSA) is 77.2 Å². The van der Waals surface area contributed by atoms with E-state index in [-0.39, 0.29) is 18.4 Å². The summed E-state index contributed by atoms with van der Waals surface area (Å²) in [5.74, 6) is 0.284. The number of hydrogen-bond acceptors (Lipinski definition) is 6. The Bertz CT molecular complexity index is 664. The molecule has 0 amide bonds. The third-order valence-electron chi connectivity index (χ3n) is 3.36. The minimum Gasteiger partial charge on any atom is -0.465 e. The van der Waals surface area contributed by atoms with E-state index in [0.717, 1.165) is 0 Å². The highest BCUT2D eigenvalue weighted by molar-refractivity contribution is 5.90. The number of carbonyl (C=O) groups is 1. The predicted molar refractivity (Wildman–Crippen MR) is 78.6 cm³/mol. The number of alkyl halides is 1. The standard InChI is InChI=1S/C14H14FN3O3.ClH/c1-20-14(19)9-4-2-3-8(5-9)12-17-13(21-18-12)11-6-10(15)7-16-11;/h2-5,10-11,16H,6-7H2,1H3;1H/t10-,11+;/m0./s1. The van der Waals surface area contributed by atoms with E-state index in [1.807, 2.05) is 0 Å². The van der Waals surface area contributed by atoms with Crippen molar-refractivity contribution >= 4 is 18.4 Å². The number of hydrogen-bond donors (Lipinski definition) is 1. The number of benzene rings is 1. The van der Waals surface area contributed by atoms with Gasteiger partial charge in [0.25, 0.3) is 0 Å². The minimum absolute atomic E-state index is 0. The van der Waals surface area contributed by atoms with Crippen molar-refractivity contribution in [2.45, 2.75) is 18.6 Å². The minimum atomic E-state index is -0.895. The Morgan fingerprint density at radius 2 is 2.32 bits per heavy atom. The molecule has 8 heteroatoms. The molecular formula is C14H15ClFN3O3. The number of esters is 1. The number of ether oxygens (including phenoxy) is 1. The molecule has 2 heterocycles. The molecule has 0 spiro atoms. The van der Waals surface area contributed by atoms with E-state index in [9.17, 15) is 9.18 Å². The molecule has 1 aromatic heterocycles. The molecule has 6 nitrogen and oxygen atoms in total. The number of carbonyl (C=O) groups excluding carboxylic acids is 1. The second-order valence-corrected chi connectivity index (χ2v) is 4.82. The van der Waals surface area contributed by atoms with Gasteiger partial charge in [-0.15, -0.1) is 12.4 Å². The fourth-order valence-electron chi connectivity index (χ4n) is 2.28. The van der Waals surface area contributed by atoms with Crippen LogP contribution in [0.4, 0.5) is 4.39 Å². The average Bonchev–Trinajstić information content (AvgIpc) is 3.15. The lowest BCUT2D eigenvalue weighted by Gasteiger charge is -2.01. The molecule has 1 fully saturated rings. The van der Waals surface area contributed by atoms with Crippen molar-refractivity contribution in [1.82, 2.24) is 15.5 Å². The summed E-state index contributed by atoms with van der Waals surface area (Å²) in [5, 5.41) is 6.86. The van der Waals surface area contributed by atoms with Gasteiger partial charge in [-0.3, -0.25) is 0 Å². The van der Waals surface area contributed by atoms with E-state index >= 15 is 0 Å². The molecular weight excluding hydrogens is 313 g/mol. The molecule has 1 aliphatic heterocycles. The van der Waals surface area contributed by atoms with Gasteiger partial charge in [0.1, 0.15) is 6.17 Å². The van der Waals surface area contributed by atoms with Gasteiger partial charge in [0.15, 0.2) is 0 Å². The normalized spacial score (nSPS) is 20.5. The van der Waals surface area contributed by atoms with Gasteiger partial charge in [-0.2, -0.15) is 4.98 Å². The Morgan fingerprint density at radius 1 is 1.50 bits per heavy atom. The average molecular weight is 328 g/mol. The van der Waals surface area contributed by atoms with Gasteiger partial charge < -0.3 is 14.6 Å². The van der Waals surface area contributed by atoms with E-state index < -0.39 is 12.1 Å². The van der Waals surface area contributed by atoms with E-state index in [2.05, 4.69) is 20.2 Å². The van der Waals surface area contributed by atoms with Crippen molar-refractivity contribution in [3.63, 3.8) is 0 Å². The number of nitrogens with zero attached hydrogens (tertiary/aromatic N) is 2. The molecule has 2 atom stereocenters. The number of halogens is 2. The summed E-state index contributed by atoms with van der Waals surface area (Å²) in [4.78, 5) is 15.8. The first-order valence-corrected chi connectivity index (χ1v) is 6.57. The monoisotopic (exact) mass is 327 g/mol. The molecule has 1 aromatic carbocycles. The van der Waals surface area contributed by atoms with Gasteiger partial charge in [0, 0.05) is 18.5 Å². The molecule has 2 aromatic rings. The Morgan fingerprint density at radius 3 is 3.00 bits per heavy atom. The summed E-state index contributed by atoms with van der Waals surface area (Å²) in [7, 11) is 1.32. The molecule has 0 radical (unpaired) electrons. The first kappa shape index (κ1) is 16.4. The SMILES string of the molecule is COC(=O)c1cccc(-c2noc([C@H]3C[C@H](F)CN3)n2)c1.Cl. The van der Waals surface area contributed by atoms with Crippen LogP contribution in [-0.2, 0) is 4.74 Å². The van der Waals surface area contributed by atoms with Crippen LogP contribution in [0, 0.1) is 0 Å². The summed E-state index contributed by atoms with van der Waals surface area (Å²) in [5.41, 5.74) is 1.05. The third kappa shape index (κ3) is 3.26. The molecule has 22 heavy (non-hydrogen) atoms. The summed E-state index contributed by atoms with van der Waals surface area (Å²) < 4.78 is 23.0. The number of methoxy groups -OCH3 is 1. The Kier molecular flexibility index (Phi) is 5.10. The fraction of sp³-hybridized carbons (Fsp3) is 0.357. The number of rotatable bonds is 3. The molecule has 0 saturated carbocycles. The van der Waals surface area contributed by atoms with Crippen molar-refractivity contribution < 1.29 is 18.4 Å². The van der Waals surface area contributed by atoms with Gasteiger partial charge in [0.2, 0.25) is 11.7 Å². The maximum atomic E-state index is 13.2. The molecule has 3 rings (SSSR count). The number of nitrogens with one attached hydrogen (secondary N) is 1. The highest BCUT2D eigenvalue weighted by Crippen LogP contribution is 2.26. The molecule has 0 aliphatic carbocycles. The van der Waals surface area contributed by atoms with Crippen molar-refractivity contribution in [2.75, 3.05) is 13.7 Å². The van der Waals surface area contributed by atoms with E-state index in [1.54, 1.807) is 24.3 Å². The molecule has 1 aliphatic rings. The Hall–Kier alpha value is -1.99. The molecule has 0 bridgehead atoms. The van der Waals surface area contributed by atoms with Crippen molar-refractivity contribution in [3.8, 4) is 11.4 Å². The van der Waals surface area contributed by atoms with E-state index in [1.165, 1.54) is 7.11 Å². The zero-order valence-electron chi connectivity index (χ0n) is 11.8. The largest absolute Gasteiger partial charge is 0.465 e. The van der Waals surface area contributed by atoms with Crippen LogP contribution < -0.4 is 5.32 Å². The number of aromatic nitrogens is 2. The van der Waals surface area contributed by atoms with E-state index in [4.69, 9.17) is 4.52 Å². The maximum Gasteiger partial charge on any atom is 0.337 e. The fourth-order valence-corrected chi connectivity index (χ4v) is 2.28. The lowest BCUT2D eigenvalue weighted by Crippen LogP contribution is -2.14. The summed E-state index contributed by atoms with van der Waals surface area (Å²) >= 11 is 0. The smallest absolute Gasteiger partial charge is 0.337 e. The lowest BCUT2D eigenvalue weighted by atomic mass is 10.1. The van der Waals surface area contributed by atoms with Gasteiger partial charge in [-0.25, -0.2) is 9.18 Å². The van der Waals surface area contributed by atoms with Gasteiger partial charge in [0.05, 0.1) is 18.7 Å². The predicted octanol–water partition coefficient (Wildman–Crippen LogP) is 2.32. The molecule has 1 saturated heterocycles. The molecule has 0 unspecified atom stereocenters. The van der Waals surface area contributed by atoms with Gasteiger partial charge in [-0.05, 0) is 12.1 Å². The Balaban J connectivity index is 0.00000176. The van der Waals surface area contributed by atoms with Crippen LogP contribution in [0.15, 0.2) is 28.8 Å². The Labute approximate surface area is 132 Å². The third-order valence-corrected chi connectivity index (χ3v) is 3.36. The molecule has 118 valence electrons. The molecule has 1 N–H and O–H groups in total. The lowest BCUT2D eigenvalue weighted by molar-refractivity contribution is 0.0601. The van der Waals surface area contributed by atoms with Crippen LogP contribution >= 0.6 is 12.4 Å². The van der Waals surface area contributed by atoms with Crippen LogP contribution in [-0.4, -0.2) is 35.9 Å². The van der Waals surface area contributed by atoms with E-state index in [0.29, 0.717) is 35.8 Å². The maximum absolute atomic E-state index is 13.2. The zero-order valence-corrected chi connectivity index (χ0v) is 12.6. The van der Waals surface area contributed by atoms with Crippen LogP contribution in [0.2, 0.25) is 0 Å². The van der Waals surface area contributed by atoms with Crippen molar-refractivity contribution in [2.24, 2.45) is 0 Å². The van der Waals surface area contributed by atoms with Crippen LogP contribution in [0.3, 0.4) is 0 Å². The quantitative estimate of drug-likeness (QED) is 0.872. The summed E-state index contributed by atoms with van der Waals surface area (Å²) in [6, 6.07) is 6.48. The van der Waals surface area contributed by atoms with Gasteiger partial charge >= 0.3 is 5.97 Å². The van der Waals surface area contributed by atoms with Crippen LogP contribution in [0.5, 0.6) is 0 Å². The second kappa shape index (κ2) is 6.85.